The number of anilines is 2. The van der Waals surface area contributed by atoms with Gasteiger partial charge in [0.1, 0.15) is 18.1 Å². The van der Waals surface area contributed by atoms with Gasteiger partial charge >= 0.3 is 10.3 Å². The average molecular weight is 510 g/mol. The van der Waals surface area contributed by atoms with Gasteiger partial charge in [-0.3, -0.25) is 19.6 Å². The second-order valence-corrected chi connectivity index (χ2v) is 9.53. The van der Waals surface area contributed by atoms with Crippen molar-refractivity contribution in [2.24, 2.45) is 16.8 Å². The Labute approximate surface area is 199 Å². The van der Waals surface area contributed by atoms with E-state index in [0.29, 0.717) is 16.4 Å². The normalized spacial score (nSPS) is 18.4. The maximum Gasteiger partial charge on any atom is 0.362 e. The number of β-lactam (4-membered cyclic amide) rings is 1. The number of carbonyl (C=O) groups is 2. The number of hydrogen-bond acceptors (Lipinski definition) is 11. The first-order valence-electron chi connectivity index (χ1n) is 9.92. The van der Waals surface area contributed by atoms with E-state index >= 15 is 0 Å². The van der Waals surface area contributed by atoms with Crippen LogP contribution in [-0.2, 0) is 24.7 Å². The van der Waals surface area contributed by atoms with Gasteiger partial charge < -0.3 is 21.6 Å². The zero-order chi connectivity index (χ0) is 25.0. The number of thiazole rings is 1. The Morgan fingerprint density at radius 3 is 2.59 bits per heavy atom. The summed E-state index contributed by atoms with van der Waals surface area (Å²) in [6.07, 6.45) is -0.341. The highest BCUT2D eigenvalue weighted by Crippen LogP contribution is 2.32. The van der Waals surface area contributed by atoms with Crippen molar-refractivity contribution in [2.45, 2.75) is 19.4 Å². The molecule has 1 saturated heterocycles. The van der Waals surface area contributed by atoms with Crippen LogP contribution in [0.4, 0.5) is 10.8 Å². The SMILES string of the molecule is C[C@H]1[C@H](CC(=O)/C(=N\OCCNc2ccc(C(=N)N)cc2)c2csc(N)n2)C(=O)N1S(=O)(=O)O. The molecule has 2 aromatic rings. The molecule has 1 aromatic carbocycles. The topological polar surface area (TPSA) is 214 Å². The molecule has 7 N–H and O–H groups in total. The van der Waals surface area contributed by atoms with Crippen LogP contribution < -0.4 is 16.8 Å². The molecular formula is C19H23N7O6S2. The molecule has 2 heterocycles. The monoisotopic (exact) mass is 509 g/mol. The van der Waals surface area contributed by atoms with Crippen molar-refractivity contribution < 1.29 is 27.4 Å². The largest absolute Gasteiger partial charge is 0.393 e. The van der Waals surface area contributed by atoms with E-state index in [-0.39, 0.29) is 35.4 Å². The lowest BCUT2D eigenvalue weighted by Crippen LogP contribution is -2.62. The fourth-order valence-electron chi connectivity index (χ4n) is 3.29. The fraction of sp³-hybridized carbons (Fsp3) is 0.316. The first-order valence-corrected chi connectivity index (χ1v) is 12.2. The van der Waals surface area contributed by atoms with Crippen LogP contribution in [0.1, 0.15) is 24.6 Å². The first-order chi connectivity index (χ1) is 16.0. The molecular weight excluding hydrogens is 486 g/mol. The zero-order valence-corrected chi connectivity index (χ0v) is 19.6. The van der Waals surface area contributed by atoms with Gasteiger partial charge in [0.15, 0.2) is 16.6 Å². The van der Waals surface area contributed by atoms with Crippen LogP contribution in [0.5, 0.6) is 0 Å². The van der Waals surface area contributed by atoms with E-state index in [0.717, 1.165) is 17.0 Å². The van der Waals surface area contributed by atoms with Crippen LogP contribution in [0.2, 0.25) is 0 Å². The highest BCUT2D eigenvalue weighted by atomic mass is 32.2. The standard InChI is InChI=1S/C19H23N7O6S2/c1-10-13(18(28)26(10)34(29,30)31)8-15(27)16(14-9-33-19(22)24-14)25-32-7-6-23-12-4-2-11(3-5-12)17(20)21/h2-5,9-10,13,23H,6-8H2,1H3,(H3,20,21)(H2,22,24)(H,29,30,31)/b25-16-/t10-,13-/m0/s1. The Hall–Kier alpha value is -3.56. The number of amides is 1. The second kappa shape index (κ2) is 10.1. The predicted molar refractivity (Wildman–Crippen MR) is 126 cm³/mol. The van der Waals surface area contributed by atoms with Crippen LogP contribution in [-0.4, -0.2) is 64.7 Å². The molecule has 0 aliphatic carbocycles. The molecule has 1 aliphatic rings. The van der Waals surface area contributed by atoms with E-state index in [9.17, 15) is 18.0 Å². The van der Waals surface area contributed by atoms with E-state index in [4.69, 9.17) is 26.3 Å². The van der Waals surface area contributed by atoms with Crippen LogP contribution >= 0.6 is 11.3 Å². The summed E-state index contributed by atoms with van der Waals surface area (Å²) in [7, 11) is -4.69. The number of aromatic nitrogens is 1. The summed E-state index contributed by atoms with van der Waals surface area (Å²) >= 11 is 1.09. The van der Waals surface area contributed by atoms with Gasteiger partial charge in [0.2, 0.25) is 5.91 Å². The van der Waals surface area contributed by atoms with Crippen molar-refractivity contribution >= 4 is 55.7 Å². The molecule has 1 amide bonds. The van der Waals surface area contributed by atoms with E-state index in [1.54, 1.807) is 24.3 Å². The molecule has 15 heteroatoms. The summed E-state index contributed by atoms with van der Waals surface area (Å²) in [6.45, 7) is 1.83. The molecule has 182 valence electrons. The number of nitrogens with one attached hydrogen (secondary N) is 2. The lowest BCUT2D eigenvalue weighted by Gasteiger charge is -2.41. The van der Waals surface area contributed by atoms with Gasteiger partial charge in [0.25, 0.3) is 0 Å². The van der Waals surface area contributed by atoms with Crippen molar-refractivity contribution in [2.75, 3.05) is 24.2 Å². The van der Waals surface area contributed by atoms with Crippen molar-refractivity contribution in [3.63, 3.8) is 0 Å². The number of amidine groups is 1. The third-order valence-electron chi connectivity index (χ3n) is 5.04. The molecule has 1 aromatic heterocycles. The summed E-state index contributed by atoms with van der Waals surface area (Å²) in [5.74, 6) is -2.43. The minimum atomic E-state index is -4.69. The highest BCUT2D eigenvalue weighted by Gasteiger charge is 2.51. The Balaban J connectivity index is 1.61. The van der Waals surface area contributed by atoms with Crippen molar-refractivity contribution in [3.05, 3.63) is 40.9 Å². The molecule has 1 aliphatic heterocycles. The number of hydrogen-bond donors (Lipinski definition) is 5. The highest BCUT2D eigenvalue weighted by molar-refractivity contribution is 7.84. The summed E-state index contributed by atoms with van der Waals surface area (Å²) in [6, 6.07) is 6.00. The van der Waals surface area contributed by atoms with Gasteiger partial charge in [0, 0.05) is 23.1 Å². The van der Waals surface area contributed by atoms with Crippen LogP contribution in [0.3, 0.4) is 0 Å². The number of oxime groups is 1. The Bertz CT molecular complexity index is 1230. The van der Waals surface area contributed by atoms with Gasteiger partial charge in [-0.2, -0.15) is 8.42 Å². The van der Waals surface area contributed by atoms with E-state index in [1.807, 2.05) is 0 Å². The van der Waals surface area contributed by atoms with E-state index < -0.39 is 34.0 Å². The average Bonchev–Trinajstić information content (AvgIpc) is 3.19. The summed E-state index contributed by atoms with van der Waals surface area (Å²) < 4.78 is 32.0. The maximum atomic E-state index is 12.9. The number of nitrogens with zero attached hydrogens (tertiary/aromatic N) is 3. The van der Waals surface area contributed by atoms with Crippen LogP contribution in [0.25, 0.3) is 0 Å². The van der Waals surface area contributed by atoms with Gasteiger partial charge in [-0.15, -0.1) is 11.3 Å². The predicted octanol–water partition coefficient (Wildman–Crippen LogP) is 0.451. The number of nitrogen functional groups attached to an aromatic ring is 2. The van der Waals surface area contributed by atoms with Gasteiger partial charge in [-0.1, -0.05) is 5.16 Å². The second-order valence-electron chi connectivity index (χ2n) is 7.35. The summed E-state index contributed by atoms with van der Waals surface area (Å²) in [5, 5.41) is 16.1. The Morgan fingerprint density at radius 2 is 2.06 bits per heavy atom. The summed E-state index contributed by atoms with van der Waals surface area (Å²) in [4.78, 5) is 34.3. The number of rotatable bonds is 11. The first kappa shape index (κ1) is 25.1. The van der Waals surface area contributed by atoms with Crippen molar-refractivity contribution in [1.29, 1.82) is 5.41 Å². The molecule has 0 spiro atoms. The molecule has 3 rings (SSSR count). The third kappa shape index (κ3) is 5.67. The van der Waals surface area contributed by atoms with Crippen LogP contribution in [0.15, 0.2) is 34.8 Å². The Kier molecular flexibility index (Phi) is 7.48. The maximum absolute atomic E-state index is 12.9. The number of ketones is 1. The molecule has 0 bridgehead atoms. The number of benzene rings is 1. The minimum absolute atomic E-state index is 0.0345. The molecule has 0 saturated carbocycles. The molecule has 2 atom stereocenters. The minimum Gasteiger partial charge on any atom is -0.393 e. The molecule has 13 nitrogen and oxygen atoms in total. The fourth-order valence-corrected chi connectivity index (χ4v) is 4.76. The van der Waals surface area contributed by atoms with Crippen molar-refractivity contribution in [1.82, 2.24) is 9.29 Å². The molecule has 34 heavy (non-hydrogen) atoms. The zero-order valence-electron chi connectivity index (χ0n) is 18.0. The molecule has 0 radical (unpaired) electrons. The van der Waals surface area contributed by atoms with Gasteiger partial charge in [-0.05, 0) is 31.2 Å². The Morgan fingerprint density at radius 1 is 1.38 bits per heavy atom. The molecule has 1 fully saturated rings. The van der Waals surface area contributed by atoms with E-state index in [1.165, 1.54) is 12.3 Å². The smallest absolute Gasteiger partial charge is 0.362 e. The molecule has 0 unspecified atom stereocenters. The third-order valence-corrected chi connectivity index (χ3v) is 6.73. The van der Waals surface area contributed by atoms with E-state index in [2.05, 4.69) is 15.5 Å². The lowest BCUT2D eigenvalue weighted by atomic mass is 9.86. The lowest BCUT2D eigenvalue weighted by molar-refractivity contribution is -0.147. The van der Waals surface area contributed by atoms with Crippen molar-refractivity contribution in [3.8, 4) is 0 Å². The van der Waals surface area contributed by atoms with Gasteiger partial charge in [-0.25, -0.2) is 9.29 Å². The number of Topliss-reactive ketones (excluding diaryl/α,β-unsaturated/α-hetero) is 1. The number of carbonyl (C=O) groups excluding carboxylic acids is 2. The quantitative estimate of drug-likeness (QED) is 0.0704. The summed E-state index contributed by atoms with van der Waals surface area (Å²) in [5.41, 5.74) is 12.5. The number of nitrogens with two attached hydrogens (primary N) is 2. The van der Waals surface area contributed by atoms with Crippen LogP contribution in [0, 0.1) is 11.3 Å². The van der Waals surface area contributed by atoms with Gasteiger partial charge in [0.05, 0.1) is 18.5 Å².